The van der Waals surface area contributed by atoms with Crippen molar-refractivity contribution < 1.29 is 28.0 Å². The average Bonchev–Trinajstić information content (AvgIpc) is 2.73. The number of alkyl halides is 3. The molecular weight excluding hydrogens is 319 g/mol. The van der Waals surface area contributed by atoms with E-state index in [9.17, 15) is 33.2 Å². The van der Waals surface area contributed by atoms with Gasteiger partial charge in [0.05, 0.1) is 4.92 Å². The quantitative estimate of drug-likeness (QED) is 0.665. The molecule has 124 valence electrons. The molecule has 1 atom stereocenters. The summed E-state index contributed by atoms with van der Waals surface area (Å²) in [6.45, 7) is 2.61. The zero-order valence-corrected chi connectivity index (χ0v) is 12.1. The number of benzene rings is 1. The number of nitrogens with zero attached hydrogens (tertiary/aromatic N) is 3. The summed E-state index contributed by atoms with van der Waals surface area (Å²) < 4.78 is 39.3. The Morgan fingerprint density at radius 3 is 2.52 bits per heavy atom. The van der Waals surface area contributed by atoms with Crippen molar-refractivity contribution >= 4 is 17.3 Å². The Morgan fingerprint density at radius 2 is 2.04 bits per heavy atom. The maximum absolute atomic E-state index is 13.1. The maximum atomic E-state index is 13.1. The van der Waals surface area contributed by atoms with Crippen LogP contribution in [0.2, 0.25) is 0 Å². The van der Waals surface area contributed by atoms with E-state index >= 15 is 0 Å². The third-order valence-electron chi connectivity index (χ3n) is 3.41. The zero-order chi connectivity index (χ0) is 17.6. The first-order valence-corrected chi connectivity index (χ1v) is 6.40. The fraction of sp³-hybridized carbons (Fsp3) is 0.385. The Morgan fingerprint density at radius 1 is 1.43 bits per heavy atom. The van der Waals surface area contributed by atoms with Gasteiger partial charge in [0, 0.05) is 29.3 Å². The first kappa shape index (κ1) is 16.9. The molecule has 0 spiro atoms. The molecule has 1 aromatic rings. The molecule has 10 heteroatoms. The fourth-order valence-electron chi connectivity index (χ4n) is 2.27. The summed E-state index contributed by atoms with van der Waals surface area (Å²) >= 11 is 0. The Hall–Kier alpha value is -2.49. The van der Waals surface area contributed by atoms with Crippen molar-refractivity contribution in [1.82, 2.24) is 5.01 Å². The minimum atomic E-state index is -5.10. The van der Waals surface area contributed by atoms with Gasteiger partial charge in [0.25, 0.3) is 17.3 Å². The van der Waals surface area contributed by atoms with E-state index < -0.39 is 29.2 Å². The summed E-state index contributed by atoms with van der Waals surface area (Å²) in [6.07, 6.45) is -5.95. The molecule has 0 radical (unpaired) electrons. The zero-order valence-electron chi connectivity index (χ0n) is 12.1. The first-order chi connectivity index (χ1) is 10.5. The van der Waals surface area contributed by atoms with E-state index in [4.69, 9.17) is 0 Å². The third kappa shape index (κ3) is 2.77. The fourth-order valence-corrected chi connectivity index (χ4v) is 2.27. The molecule has 0 bridgehead atoms. The lowest BCUT2D eigenvalue weighted by atomic mass is 10.0. The van der Waals surface area contributed by atoms with Gasteiger partial charge < -0.3 is 5.11 Å². The molecule has 0 fully saturated rings. The standard InChI is InChI=1S/C13H12F3N3O4/c1-7-5-9(3-4-10(7)19(22)23)11(20)18-12(21,13(14,15)16)6-8(2)17-18/h3-5,21H,6H2,1-2H3. The van der Waals surface area contributed by atoms with Crippen molar-refractivity contribution in [3.8, 4) is 0 Å². The predicted molar refractivity (Wildman–Crippen MR) is 72.7 cm³/mol. The second-order valence-electron chi connectivity index (χ2n) is 5.20. The van der Waals surface area contributed by atoms with Gasteiger partial charge in [-0.25, -0.2) is 0 Å². The highest BCUT2D eigenvalue weighted by molar-refractivity contribution is 5.98. The van der Waals surface area contributed by atoms with Crippen molar-refractivity contribution in [3.63, 3.8) is 0 Å². The summed E-state index contributed by atoms with van der Waals surface area (Å²) in [7, 11) is 0. The topological polar surface area (TPSA) is 96.0 Å². The van der Waals surface area contributed by atoms with Gasteiger partial charge in [-0.15, -0.1) is 0 Å². The molecule has 1 heterocycles. The van der Waals surface area contributed by atoms with E-state index in [1.54, 1.807) is 0 Å². The van der Waals surface area contributed by atoms with E-state index in [1.165, 1.54) is 13.8 Å². The van der Waals surface area contributed by atoms with E-state index in [-0.39, 0.29) is 27.5 Å². The normalized spacial score (nSPS) is 21.3. The van der Waals surface area contributed by atoms with Crippen molar-refractivity contribution in [2.45, 2.75) is 32.2 Å². The van der Waals surface area contributed by atoms with Crippen molar-refractivity contribution in [2.24, 2.45) is 5.10 Å². The highest BCUT2D eigenvalue weighted by Gasteiger charge is 2.62. The number of hydrazone groups is 1. The summed E-state index contributed by atoms with van der Waals surface area (Å²) in [6, 6.07) is 3.12. The van der Waals surface area contributed by atoms with Crippen molar-refractivity contribution in [2.75, 3.05) is 0 Å². The van der Waals surface area contributed by atoms with Gasteiger partial charge in [-0.05, 0) is 26.0 Å². The Kier molecular flexibility index (Phi) is 3.89. The van der Waals surface area contributed by atoms with Crippen LogP contribution < -0.4 is 0 Å². The summed E-state index contributed by atoms with van der Waals surface area (Å²) in [5.41, 5.74) is -3.89. The number of carbonyl (C=O) groups is 1. The maximum Gasteiger partial charge on any atom is 0.438 e. The molecule has 1 amide bonds. The Labute approximate surface area is 128 Å². The van der Waals surface area contributed by atoms with Crippen LogP contribution in [-0.2, 0) is 0 Å². The number of hydrogen-bond donors (Lipinski definition) is 1. The highest BCUT2D eigenvalue weighted by atomic mass is 19.4. The Bertz CT molecular complexity index is 717. The van der Waals surface area contributed by atoms with E-state index in [0.29, 0.717) is 0 Å². The lowest BCUT2D eigenvalue weighted by Crippen LogP contribution is -2.56. The first-order valence-electron chi connectivity index (χ1n) is 6.40. The van der Waals surface area contributed by atoms with Gasteiger partial charge >= 0.3 is 6.18 Å². The third-order valence-corrected chi connectivity index (χ3v) is 3.41. The van der Waals surface area contributed by atoms with Crippen LogP contribution in [0.15, 0.2) is 23.3 Å². The molecule has 0 saturated heterocycles. The number of amides is 1. The molecule has 0 aromatic heterocycles. The van der Waals surface area contributed by atoms with Crippen LogP contribution >= 0.6 is 0 Å². The van der Waals surface area contributed by atoms with Crippen LogP contribution in [0.3, 0.4) is 0 Å². The van der Waals surface area contributed by atoms with Gasteiger partial charge in [-0.1, -0.05) is 0 Å². The second kappa shape index (κ2) is 5.30. The van der Waals surface area contributed by atoms with Crippen LogP contribution in [0.25, 0.3) is 0 Å². The summed E-state index contributed by atoms with van der Waals surface area (Å²) in [4.78, 5) is 22.3. The van der Waals surface area contributed by atoms with Gasteiger partial charge in [0.2, 0.25) is 0 Å². The number of carbonyl (C=O) groups excluding carboxylic acids is 1. The molecule has 0 aliphatic carbocycles. The lowest BCUT2D eigenvalue weighted by molar-refractivity contribution is -0.385. The average molecular weight is 331 g/mol. The van der Waals surface area contributed by atoms with Crippen LogP contribution in [-0.4, -0.2) is 38.6 Å². The number of rotatable bonds is 2. The van der Waals surface area contributed by atoms with Gasteiger partial charge in [-0.3, -0.25) is 14.9 Å². The smallest absolute Gasteiger partial charge is 0.362 e. The molecule has 1 aliphatic heterocycles. The lowest BCUT2D eigenvalue weighted by Gasteiger charge is -2.32. The molecule has 1 unspecified atom stereocenters. The molecule has 2 rings (SSSR count). The van der Waals surface area contributed by atoms with Gasteiger partial charge in [0.1, 0.15) is 0 Å². The van der Waals surface area contributed by atoms with Crippen LogP contribution in [0.1, 0.15) is 29.3 Å². The predicted octanol–water partition coefficient (Wildman–Crippen LogP) is 2.38. The molecule has 1 N–H and O–H groups in total. The van der Waals surface area contributed by atoms with Crippen LogP contribution in [0.5, 0.6) is 0 Å². The SMILES string of the molecule is CC1=NN(C(=O)c2ccc([N+](=O)[O-])c(C)c2)C(O)(C(F)(F)F)C1. The molecule has 1 aromatic carbocycles. The summed E-state index contributed by atoms with van der Waals surface area (Å²) in [5, 5.41) is 24.0. The number of aliphatic hydroxyl groups is 1. The number of halogens is 3. The van der Waals surface area contributed by atoms with Gasteiger partial charge in [-0.2, -0.15) is 23.3 Å². The number of hydrogen-bond acceptors (Lipinski definition) is 5. The van der Waals surface area contributed by atoms with E-state index in [0.717, 1.165) is 18.2 Å². The van der Waals surface area contributed by atoms with E-state index in [2.05, 4.69) is 5.10 Å². The van der Waals surface area contributed by atoms with Gasteiger partial charge in [0.15, 0.2) is 0 Å². The molecule has 7 nitrogen and oxygen atoms in total. The molecule has 1 aliphatic rings. The van der Waals surface area contributed by atoms with Crippen molar-refractivity contribution in [3.05, 3.63) is 39.4 Å². The van der Waals surface area contributed by atoms with E-state index in [1.807, 2.05) is 0 Å². The molecular formula is C13H12F3N3O4. The number of aryl methyl sites for hydroxylation is 1. The van der Waals surface area contributed by atoms with Crippen molar-refractivity contribution in [1.29, 1.82) is 0 Å². The monoisotopic (exact) mass is 331 g/mol. The molecule has 23 heavy (non-hydrogen) atoms. The number of nitro benzene ring substituents is 1. The number of nitro groups is 1. The largest absolute Gasteiger partial charge is 0.438 e. The minimum absolute atomic E-state index is 0.0249. The Balaban J connectivity index is 2.43. The van der Waals surface area contributed by atoms with Crippen LogP contribution in [0.4, 0.5) is 18.9 Å². The minimum Gasteiger partial charge on any atom is -0.362 e. The molecule has 0 saturated carbocycles. The highest BCUT2D eigenvalue weighted by Crippen LogP contribution is 2.41. The second-order valence-corrected chi connectivity index (χ2v) is 5.20. The summed E-state index contributed by atoms with van der Waals surface area (Å²) in [5.74, 6) is -1.19. The van der Waals surface area contributed by atoms with Crippen LogP contribution in [0, 0.1) is 17.0 Å².